The van der Waals surface area contributed by atoms with E-state index in [-0.39, 0.29) is 58.7 Å². The topological polar surface area (TPSA) is 213 Å². The molecule has 3 aliphatic rings. The highest BCUT2D eigenvalue weighted by atomic mass is 16.6. The van der Waals surface area contributed by atoms with Gasteiger partial charge in [0.15, 0.2) is 28.8 Å². The minimum Gasteiger partial charge on any atom is -0.495 e. The van der Waals surface area contributed by atoms with Crippen LogP contribution in [0.3, 0.4) is 0 Å². The molecule has 0 aliphatic carbocycles. The van der Waals surface area contributed by atoms with Gasteiger partial charge < -0.3 is 47.4 Å². The lowest BCUT2D eigenvalue weighted by molar-refractivity contribution is -0.386. The number of hydrogen-bond donors (Lipinski definition) is 0. The molecule has 0 amide bonds. The monoisotopic (exact) mass is 906 g/mol. The minimum atomic E-state index is -0.740. The molecule has 344 valence electrons. The number of carbonyl (C=O) groups is 2. The van der Waals surface area contributed by atoms with Crippen LogP contribution in [0.1, 0.15) is 65.1 Å². The first kappa shape index (κ1) is 47.3. The third-order valence-electron chi connectivity index (χ3n) is 10.2. The predicted octanol–water partition coefficient (Wildman–Crippen LogP) is 8.53. The molecule has 7 rings (SSSR count). The lowest BCUT2D eigenvalue weighted by Gasteiger charge is -2.29. The standard InChI is InChI=1S/2C24H23NO8/c1-24(2)7-6-15-22(31-5)16(10-17(25(27)28)23(15)33-24)21(26)14-8-13-9-19(29-3)20(30-4)11-18(13)32-12-14;1-24(2)11-10-16-22(31-5)17(14-18(25(27)28)23(16)33-24)19(26)7-6-12-32-15-8-9-20(29-3)21(13-15)30-4/h6-11H,12H2,1-5H3;8-11,13-14H,12H2,1-5H3. The number of Topliss-reactive ketones (excluding diaryl/α,β-unsaturated/α-hetero) is 2. The maximum atomic E-state index is 13.5. The SMILES string of the molecule is COc1cc2c(cc1OC)OCC(C(=O)c1cc([N+](=O)[O-])c3c(c1OC)C=CC(C)(C)O3)=C2.COc1ccc(OCC#CC(=O)c2cc([N+](=O)[O-])c3c(c2OC)C=CC(C)(C)O3)cc1OC. The first-order valence-electron chi connectivity index (χ1n) is 20.0. The highest BCUT2D eigenvalue weighted by Gasteiger charge is 2.36. The van der Waals surface area contributed by atoms with Gasteiger partial charge in [0.25, 0.3) is 0 Å². The summed E-state index contributed by atoms with van der Waals surface area (Å²) in [5.74, 6) is 7.47. The number of nitro groups is 2. The normalized spacial score (nSPS) is 14.1. The van der Waals surface area contributed by atoms with E-state index in [9.17, 15) is 29.8 Å². The van der Waals surface area contributed by atoms with E-state index in [1.165, 1.54) is 48.7 Å². The molecule has 0 N–H and O–H groups in total. The van der Waals surface area contributed by atoms with E-state index in [1.54, 1.807) is 88.4 Å². The van der Waals surface area contributed by atoms with E-state index in [0.29, 0.717) is 56.8 Å². The Labute approximate surface area is 379 Å². The van der Waals surface area contributed by atoms with Crippen molar-refractivity contribution in [2.45, 2.75) is 38.9 Å². The molecule has 0 fully saturated rings. The number of ketones is 2. The Morgan fingerprint density at radius 2 is 1.20 bits per heavy atom. The zero-order valence-corrected chi connectivity index (χ0v) is 37.8. The molecule has 0 bridgehead atoms. The van der Waals surface area contributed by atoms with Crippen LogP contribution in [0.4, 0.5) is 11.4 Å². The van der Waals surface area contributed by atoms with Crippen LogP contribution < -0.4 is 47.4 Å². The van der Waals surface area contributed by atoms with Crippen molar-refractivity contribution in [1.29, 1.82) is 0 Å². The Hall–Kier alpha value is -8.20. The quantitative estimate of drug-likeness (QED) is 0.0404. The molecule has 3 heterocycles. The summed E-state index contributed by atoms with van der Waals surface area (Å²) in [6.45, 7) is 7.00. The second kappa shape index (κ2) is 19.3. The lowest BCUT2D eigenvalue weighted by atomic mass is 9.93. The van der Waals surface area contributed by atoms with Crippen molar-refractivity contribution in [3.63, 3.8) is 0 Å². The van der Waals surface area contributed by atoms with Gasteiger partial charge in [0.05, 0.1) is 74.8 Å². The van der Waals surface area contributed by atoms with Crippen LogP contribution in [-0.4, -0.2) is 88.5 Å². The summed E-state index contributed by atoms with van der Waals surface area (Å²) in [5.41, 5.74) is -0.513. The number of methoxy groups -OCH3 is 6. The number of fused-ring (bicyclic) bond motifs is 3. The Kier molecular flexibility index (Phi) is 13.8. The molecule has 0 aromatic heterocycles. The van der Waals surface area contributed by atoms with Gasteiger partial charge in [0.1, 0.15) is 47.4 Å². The molecule has 3 aliphatic heterocycles. The van der Waals surface area contributed by atoms with Crippen LogP contribution in [0.2, 0.25) is 0 Å². The molecule has 0 saturated heterocycles. The van der Waals surface area contributed by atoms with Crippen molar-refractivity contribution in [1.82, 2.24) is 0 Å². The molecule has 18 nitrogen and oxygen atoms in total. The van der Waals surface area contributed by atoms with Crippen LogP contribution in [0.25, 0.3) is 18.2 Å². The number of benzene rings is 4. The summed E-state index contributed by atoms with van der Waals surface area (Å²) in [5, 5.41) is 23.5. The molecular formula is C48H46N2O16. The largest absolute Gasteiger partial charge is 0.495 e. The summed E-state index contributed by atoms with van der Waals surface area (Å²) in [6.07, 6.45) is 8.49. The highest BCUT2D eigenvalue weighted by molar-refractivity contribution is 6.15. The zero-order chi connectivity index (χ0) is 48.1. The van der Waals surface area contributed by atoms with Gasteiger partial charge in [-0.1, -0.05) is 5.92 Å². The van der Waals surface area contributed by atoms with E-state index in [0.717, 1.165) is 6.07 Å². The second-order valence-electron chi connectivity index (χ2n) is 15.5. The highest BCUT2D eigenvalue weighted by Crippen LogP contribution is 2.48. The summed E-state index contributed by atoms with van der Waals surface area (Å²) < 4.78 is 54.8. The van der Waals surface area contributed by atoms with Crippen LogP contribution in [0.5, 0.6) is 57.5 Å². The Morgan fingerprint density at radius 3 is 1.73 bits per heavy atom. The summed E-state index contributed by atoms with van der Waals surface area (Å²) in [6, 6.07) is 10.7. The van der Waals surface area contributed by atoms with Crippen molar-refractivity contribution in [3.8, 4) is 69.3 Å². The first-order chi connectivity index (χ1) is 31.4. The molecule has 4 aromatic rings. The third-order valence-corrected chi connectivity index (χ3v) is 10.2. The van der Waals surface area contributed by atoms with Gasteiger partial charge in [0.2, 0.25) is 17.3 Å². The number of hydrogen-bond acceptors (Lipinski definition) is 16. The fourth-order valence-electron chi connectivity index (χ4n) is 7.05. The third kappa shape index (κ3) is 9.79. The molecule has 0 atom stereocenters. The van der Waals surface area contributed by atoms with Crippen LogP contribution in [0, 0.1) is 32.1 Å². The fourth-order valence-corrected chi connectivity index (χ4v) is 7.05. The van der Waals surface area contributed by atoms with Crippen molar-refractivity contribution in [2.75, 3.05) is 55.9 Å². The van der Waals surface area contributed by atoms with Crippen molar-refractivity contribution in [2.24, 2.45) is 0 Å². The van der Waals surface area contributed by atoms with Crippen molar-refractivity contribution >= 4 is 41.2 Å². The molecule has 0 unspecified atom stereocenters. The molecule has 0 radical (unpaired) electrons. The van der Waals surface area contributed by atoms with E-state index in [4.69, 9.17) is 47.4 Å². The van der Waals surface area contributed by atoms with E-state index < -0.39 is 32.6 Å². The molecule has 66 heavy (non-hydrogen) atoms. The Bertz CT molecular complexity index is 2790. The average Bonchev–Trinajstić information content (AvgIpc) is 3.29. The van der Waals surface area contributed by atoms with Gasteiger partial charge >= 0.3 is 11.4 Å². The Balaban J connectivity index is 0.000000218. The van der Waals surface area contributed by atoms with Crippen molar-refractivity contribution in [3.05, 3.63) is 108 Å². The van der Waals surface area contributed by atoms with Gasteiger partial charge in [0, 0.05) is 35.4 Å². The van der Waals surface area contributed by atoms with Crippen LogP contribution >= 0.6 is 0 Å². The molecule has 0 saturated carbocycles. The van der Waals surface area contributed by atoms with Gasteiger partial charge in [-0.15, -0.1) is 0 Å². The van der Waals surface area contributed by atoms with E-state index >= 15 is 0 Å². The summed E-state index contributed by atoms with van der Waals surface area (Å²) in [4.78, 5) is 48.6. The number of nitrogens with zero attached hydrogens (tertiary/aromatic N) is 2. The van der Waals surface area contributed by atoms with Crippen LogP contribution in [0.15, 0.2) is 60.2 Å². The minimum absolute atomic E-state index is 0.0191. The fraction of sp³-hybridized carbons (Fsp3) is 0.292. The molecule has 18 heteroatoms. The molecule has 0 spiro atoms. The van der Waals surface area contributed by atoms with Gasteiger partial charge in [-0.2, -0.15) is 0 Å². The van der Waals surface area contributed by atoms with Gasteiger partial charge in [-0.05, 0) is 82.2 Å². The molecule has 4 aromatic carbocycles. The number of carbonyl (C=O) groups excluding carboxylic acids is 2. The zero-order valence-electron chi connectivity index (χ0n) is 37.8. The van der Waals surface area contributed by atoms with Crippen LogP contribution in [-0.2, 0) is 0 Å². The second-order valence-corrected chi connectivity index (χ2v) is 15.5. The number of nitro benzene ring substituents is 2. The average molecular weight is 907 g/mol. The summed E-state index contributed by atoms with van der Waals surface area (Å²) >= 11 is 0. The lowest BCUT2D eigenvalue weighted by Crippen LogP contribution is -2.28. The number of ether oxygens (including phenoxy) is 10. The maximum Gasteiger partial charge on any atom is 0.312 e. The number of rotatable bonds is 13. The smallest absolute Gasteiger partial charge is 0.312 e. The van der Waals surface area contributed by atoms with Gasteiger partial charge in [-0.3, -0.25) is 29.8 Å². The van der Waals surface area contributed by atoms with E-state index in [2.05, 4.69) is 11.8 Å². The van der Waals surface area contributed by atoms with Gasteiger partial charge in [-0.25, -0.2) is 0 Å². The first-order valence-corrected chi connectivity index (χ1v) is 20.0. The molecular weight excluding hydrogens is 861 g/mol. The Morgan fingerprint density at radius 1 is 0.682 bits per heavy atom. The van der Waals surface area contributed by atoms with E-state index in [1.807, 2.05) is 0 Å². The predicted molar refractivity (Wildman–Crippen MR) is 241 cm³/mol. The van der Waals surface area contributed by atoms with Crippen molar-refractivity contribution < 1.29 is 66.8 Å². The summed E-state index contributed by atoms with van der Waals surface area (Å²) in [7, 11) is 8.84. The maximum absolute atomic E-state index is 13.5.